The van der Waals surface area contributed by atoms with Crippen LogP contribution in [0.2, 0.25) is 0 Å². The van der Waals surface area contributed by atoms with Crippen molar-refractivity contribution in [2.24, 2.45) is 17.3 Å². The summed E-state index contributed by atoms with van der Waals surface area (Å²) >= 11 is 5.75. The molecule has 1 aromatic heterocycles. The van der Waals surface area contributed by atoms with Gasteiger partial charge in [-0.3, -0.25) is 0 Å². The molecule has 18 heavy (non-hydrogen) atoms. The van der Waals surface area contributed by atoms with Crippen molar-refractivity contribution in [2.45, 2.75) is 57.7 Å². The van der Waals surface area contributed by atoms with E-state index in [2.05, 4.69) is 53.5 Å². The number of alkyl halides is 1. The van der Waals surface area contributed by atoms with Gasteiger partial charge in [0.15, 0.2) is 0 Å². The molecule has 1 aliphatic carbocycles. The summed E-state index contributed by atoms with van der Waals surface area (Å²) in [5.41, 5.74) is 2.00. The number of thiophene rings is 1. The molecule has 1 atom stereocenters. The minimum absolute atomic E-state index is 0.500. The summed E-state index contributed by atoms with van der Waals surface area (Å²) in [6.45, 7) is 7.19. The lowest BCUT2D eigenvalue weighted by Crippen LogP contribution is -2.29. The summed E-state index contributed by atoms with van der Waals surface area (Å²) in [6.07, 6.45) is 6.85. The van der Waals surface area contributed by atoms with E-state index in [0.717, 1.165) is 11.8 Å². The Balaban J connectivity index is 1.82. The Morgan fingerprint density at radius 2 is 1.94 bits per heavy atom. The molecule has 1 saturated carbocycles. The van der Waals surface area contributed by atoms with E-state index < -0.39 is 0 Å². The quantitative estimate of drug-likeness (QED) is 0.605. The summed E-state index contributed by atoms with van der Waals surface area (Å²) in [4.78, 5) is 0.674. The van der Waals surface area contributed by atoms with Gasteiger partial charge in [-0.25, -0.2) is 0 Å². The normalized spacial score (nSPS) is 27.1. The summed E-state index contributed by atoms with van der Waals surface area (Å²) in [5, 5.41) is 4.47. The highest BCUT2D eigenvalue weighted by Crippen LogP contribution is 2.42. The van der Waals surface area contributed by atoms with E-state index in [0.29, 0.717) is 10.2 Å². The summed E-state index contributed by atoms with van der Waals surface area (Å²) < 4.78 is 0. The molecule has 0 aliphatic heterocycles. The van der Waals surface area contributed by atoms with Crippen molar-refractivity contribution in [3.63, 3.8) is 0 Å². The molecular weight excluding hydrogens is 304 g/mol. The molecule has 2 heteroatoms. The standard InChI is InChI=1S/C16H25BrS/c1-16(2,3)14-6-4-13(5-7-14)15(17)10-12-8-9-18-11-12/h8-9,11,13-15H,4-7,10H2,1-3H3. The molecule has 0 bridgehead atoms. The Bertz CT molecular complexity index is 342. The first kappa shape index (κ1) is 14.6. The third kappa shape index (κ3) is 3.84. The Hall–Kier alpha value is 0.180. The molecule has 1 aliphatic rings. The molecule has 2 rings (SSSR count). The molecule has 1 heterocycles. The Morgan fingerprint density at radius 1 is 1.28 bits per heavy atom. The molecule has 1 aromatic rings. The van der Waals surface area contributed by atoms with E-state index in [4.69, 9.17) is 0 Å². The van der Waals surface area contributed by atoms with Crippen LogP contribution in [0.4, 0.5) is 0 Å². The van der Waals surface area contributed by atoms with Crippen molar-refractivity contribution in [3.8, 4) is 0 Å². The average Bonchev–Trinajstić information content (AvgIpc) is 2.81. The van der Waals surface area contributed by atoms with Gasteiger partial charge in [-0.2, -0.15) is 11.3 Å². The molecule has 0 saturated heterocycles. The van der Waals surface area contributed by atoms with Gasteiger partial charge in [-0.15, -0.1) is 0 Å². The lowest BCUT2D eigenvalue weighted by Gasteiger charge is -2.38. The second-order valence-electron chi connectivity index (χ2n) is 6.83. The van der Waals surface area contributed by atoms with Gasteiger partial charge in [-0.05, 0) is 71.7 Å². The van der Waals surface area contributed by atoms with Crippen molar-refractivity contribution in [1.29, 1.82) is 0 Å². The monoisotopic (exact) mass is 328 g/mol. The fourth-order valence-electron chi connectivity index (χ4n) is 3.15. The van der Waals surface area contributed by atoms with Gasteiger partial charge in [0.1, 0.15) is 0 Å². The minimum Gasteiger partial charge on any atom is -0.152 e. The number of halogens is 1. The van der Waals surface area contributed by atoms with Gasteiger partial charge in [-0.1, -0.05) is 36.7 Å². The second-order valence-corrected chi connectivity index (χ2v) is 8.79. The van der Waals surface area contributed by atoms with E-state index in [-0.39, 0.29) is 0 Å². The van der Waals surface area contributed by atoms with Crippen LogP contribution in [-0.4, -0.2) is 4.83 Å². The molecule has 0 aromatic carbocycles. The Labute approximate surface area is 124 Å². The molecule has 0 radical (unpaired) electrons. The first-order chi connectivity index (χ1) is 8.47. The molecule has 0 amide bonds. The molecule has 0 nitrogen and oxygen atoms in total. The maximum atomic E-state index is 3.94. The van der Waals surface area contributed by atoms with Crippen LogP contribution in [-0.2, 0) is 6.42 Å². The summed E-state index contributed by atoms with van der Waals surface area (Å²) in [5.74, 6) is 1.80. The lowest BCUT2D eigenvalue weighted by atomic mass is 9.69. The predicted octanol–water partition coefficient (Wildman–Crippen LogP) is 5.91. The third-order valence-corrected chi connectivity index (χ3v) is 6.32. The first-order valence-corrected chi connectivity index (χ1v) is 8.98. The van der Waals surface area contributed by atoms with Crippen molar-refractivity contribution in [2.75, 3.05) is 0 Å². The zero-order chi connectivity index (χ0) is 13.2. The van der Waals surface area contributed by atoms with Crippen LogP contribution >= 0.6 is 27.3 Å². The van der Waals surface area contributed by atoms with Gasteiger partial charge in [0.05, 0.1) is 0 Å². The smallest absolute Gasteiger partial charge is 0.0214 e. The first-order valence-electron chi connectivity index (χ1n) is 7.12. The molecular formula is C16H25BrS. The molecule has 102 valence electrons. The van der Waals surface area contributed by atoms with E-state index in [9.17, 15) is 0 Å². The molecule has 1 fully saturated rings. The number of rotatable bonds is 3. The highest BCUT2D eigenvalue weighted by atomic mass is 79.9. The Morgan fingerprint density at radius 3 is 2.44 bits per heavy atom. The zero-order valence-electron chi connectivity index (χ0n) is 11.8. The van der Waals surface area contributed by atoms with Gasteiger partial charge in [0.25, 0.3) is 0 Å². The topological polar surface area (TPSA) is 0 Å². The Kier molecular flexibility index (Phi) is 4.93. The van der Waals surface area contributed by atoms with Crippen molar-refractivity contribution in [1.82, 2.24) is 0 Å². The molecule has 0 spiro atoms. The number of hydrogen-bond donors (Lipinski definition) is 0. The third-order valence-electron chi connectivity index (χ3n) is 4.52. The van der Waals surface area contributed by atoms with E-state index in [1.807, 2.05) is 11.3 Å². The van der Waals surface area contributed by atoms with Crippen LogP contribution in [0.5, 0.6) is 0 Å². The number of hydrogen-bond acceptors (Lipinski definition) is 1. The second kappa shape index (κ2) is 6.09. The van der Waals surface area contributed by atoms with Crippen LogP contribution in [0.1, 0.15) is 52.0 Å². The van der Waals surface area contributed by atoms with Gasteiger partial charge in [0, 0.05) is 4.83 Å². The van der Waals surface area contributed by atoms with Crippen molar-refractivity contribution >= 4 is 27.3 Å². The average molecular weight is 329 g/mol. The lowest BCUT2D eigenvalue weighted by molar-refractivity contribution is 0.149. The zero-order valence-corrected chi connectivity index (χ0v) is 14.2. The fourth-order valence-corrected chi connectivity index (χ4v) is 4.73. The highest BCUT2D eigenvalue weighted by molar-refractivity contribution is 9.09. The van der Waals surface area contributed by atoms with Crippen LogP contribution in [0.25, 0.3) is 0 Å². The molecule has 0 N–H and O–H groups in total. The van der Waals surface area contributed by atoms with E-state index in [1.165, 1.54) is 37.7 Å². The van der Waals surface area contributed by atoms with Crippen molar-refractivity contribution < 1.29 is 0 Å². The SMILES string of the molecule is CC(C)(C)C1CCC(C(Br)Cc2ccsc2)CC1. The van der Waals surface area contributed by atoms with Crippen molar-refractivity contribution in [3.05, 3.63) is 22.4 Å². The summed E-state index contributed by atoms with van der Waals surface area (Å²) in [6, 6.07) is 2.26. The predicted molar refractivity (Wildman–Crippen MR) is 85.6 cm³/mol. The van der Waals surface area contributed by atoms with Crippen LogP contribution < -0.4 is 0 Å². The largest absolute Gasteiger partial charge is 0.152 e. The minimum atomic E-state index is 0.500. The maximum Gasteiger partial charge on any atom is 0.0214 e. The van der Waals surface area contributed by atoms with E-state index >= 15 is 0 Å². The van der Waals surface area contributed by atoms with E-state index in [1.54, 1.807) is 0 Å². The highest BCUT2D eigenvalue weighted by Gasteiger charge is 2.32. The van der Waals surface area contributed by atoms with Gasteiger partial charge >= 0.3 is 0 Å². The van der Waals surface area contributed by atoms with Crippen LogP contribution in [0.3, 0.4) is 0 Å². The maximum absolute atomic E-state index is 3.94. The van der Waals surface area contributed by atoms with Crippen LogP contribution in [0, 0.1) is 17.3 Å². The molecule has 1 unspecified atom stereocenters. The van der Waals surface area contributed by atoms with Gasteiger partial charge < -0.3 is 0 Å². The summed E-state index contributed by atoms with van der Waals surface area (Å²) in [7, 11) is 0. The van der Waals surface area contributed by atoms with Crippen LogP contribution in [0.15, 0.2) is 16.8 Å². The fraction of sp³-hybridized carbons (Fsp3) is 0.750. The van der Waals surface area contributed by atoms with Gasteiger partial charge in [0.2, 0.25) is 0 Å².